The van der Waals surface area contributed by atoms with Gasteiger partial charge in [0, 0.05) is 12.8 Å². The summed E-state index contributed by atoms with van der Waals surface area (Å²) in [7, 11) is -4.03. The molecule has 0 spiro atoms. The van der Waals surface area contributed by atoms with E-state index in [9.17, 15) is 19.0 Å². The molecule has 4 aliphatic rings. The molecular weight excluding hydrogens is 876 g/mol. The average Bonchev–Trinajstić information content (AvgIpc) is 3.69. The van der Waals surface area contributed by atoms with Crippen molar-refractivity contribution in [2.45, 2.75) is 304 Å². The number of hydrogen-bond donors (Lipinski definition) is 1. The van der Waals surface area contributed by atoms with E-state index in [2.05, 4.69) is 53.7 Å². The number of fused-ring (bicyclic) bond motifs is 5. The summed E-state index contributed by atoms with van der Waals surface area (Å²) in [6.45, 7) is 14.2. The van der Waals surface area contributed by atoms with E-state index < -0.39 is 19.4 Å². The lowest BCUT2D eigenvalue weighted by molar-refractivity contribution is -0.161. The van der Waals surface area contributed by atoms with Crippen molar-refractivity contribution in [3.63, 3.8) is 0 Å². The van der Waals surface area contributed by atoms with Gasteiger partial charge in [-0.3, -0.25) is 14.2 Å². The van der Waals surface area contributed by atoms with Gasteiger partial charge in [-0.1, -0.05) is 195 Å². The molecule has 0 aromatic carbocycles. The van der Waals surface area contributed by atoms with Crippen molar-refractivity contribution in [1.29, 1.82) is 0 Å². The second-order valence-corrected chi connectivity index (χ2v) is 26.2. The Morgan fingerprint density at radius 1 is 0.594 bits per heavy atom. The second kappa shape index (κ2) is 33.6. The maximum Gasteiger partial charge on any atom is 0.331 e. The number of allylic oxidation sites excluding steroid dienone is 2. The first kappa shape index (κ1) is 60.4. The molecule has 4 saturated carbocycles. The Kier molecular flexibility index (Phi) is 29.4. The number of ether oxygens (including phenoxy) is 2. The van der Waals surface area contributed by atoms with E-state index in [1.807, 2.05) is 0 Å². The lowest BCUT2D eigenvalue weighted by atomic mass is 9.44. The van der Waals surface area contributed by atoms with Crippen molar-refractivity contribution in [3.8, 4) is 0 Å². The highest BCUT2D eigenvalue weighted by Gasteiger charge is 2.61. The molecule has 4 fully saturated rings. The Bertz CT molecular complexity index is 1460. The molecule has 11 atom stereocenters. The summed E-state index contributed by atoms with van der Waals surface area (Å²) in [5, 5.41) is 0. The summed E-state index contributed by atoms with van der Waals surface area (Å²) < 4.78 is 31.7. The van der Waals surface area contributed by atoms with Crippen molar-refractivity contribution >= 4 is 19.5 Å². The molecule has 8 heteroatoms. The van der Waals surface area contributed by atoms with Crippen LogP contribution in [0, 0.1) is 46.3 Å². The highest BCUT2D eigenvalue weighted by molar-refractivity contribution is 7.53. The van der Waals surface area contributed by atoms with Crippen LogP contribution in [0.1, 0.15) is 292 Å². The predicted molar refractivity (Wildman–Crippen MR) is 289 cm³/mol. The lowest BCUT2D eigenvalue weighted by Crippen LogP contribution is -2.54. The first-order chi connectivity index (χ1) is 33.4. The molecule has 402 valence electrons. The van der Waals surface area contributed by atoms with Crippen molar-refractivity contribution < 1.29 is 33.0 Å². The van der Waals surface area contributed by atoms with E-state index >= 15 is 0 Å². The van der Waals surface area contributed by atoms with Crippen molar-refractivity contribution in [3.05, 3.63) is 12.2 Å². The molecule has 0 bridgehead atoms. The molecular formula is C61H111O7P. The minimum Gasteiger partial charge on any atom is -0.462 e. The van der Waals surface area contributed by atoms with Gasteiger partial charge in [0.15, 0.2) is 6.10 Å². The summed E-state index contributed by atoms with van der Waals surface area (Å²) in [4.78, 5) is 37.7. The smallest absolute Gasteiger partial charge is 0.331 e. The van der Waals surface area contributed by atoms with Crippen LogP contribution in [-0.2, 0) is 28.2 Å². The molecule has 4 rings (SSSR count). The fourth-order valence-electron chi connectivity index (χ4n) is 14.7. The topological polar surface area (TPSA) is 99.1 Å². The molecule has 0 radical (unpaired) electrons. The first-order valence-electron chi connectivity index (χ1n) is 30.4. The van der Waals surface area contributed by atoms with Crippen LogP contribution in [0.5, 0.6) is 0 Å². The molecule has 0 saturated heterocycles. The monoisotopic (exact) mass is 987 g/mol. The summed E-state index contributed by atoms with van der Waals surface area (Å²) in [5.41, 5.74) is 0.254. The molecule has 69 heavy (non-hydrogen) atoms. The van der Waals surface area contributed by atoms with Gasteiger partial charge in [0.1, 0.15) is 6.61 Å². The number of hydrogen-bond acceptors (Lipinski definition) is 6. The number of carbonyl (C=O) groups is 2. The third-order valence-electron chi connectivity index (χ3n) is 18.9. The number of unbranched alkanes of at least 4 members (excludes halogenated alkanes) is 23. The zero-order valence-corrected chi connectivity index (χ0v) is 47.0. The Hall–Kier alpha value is -1.17. The van der Waals surface area contributed by atoms with Crippen LogP contribution in [0.25, 0.3) is 0 Å². The third-order valence-corrected chi connectivity index (χ3v) is 20.8. The average molecular weight is 988 g/mol. The Morgan fingerprint density at radius 2 is 1.10 bits per heavy atom. The van der Waals surface area contributed by atoms with Gasteiger partial charge >= 0.3 is 19.5 Å². The van der Waals surface area contributed by atoms with Crippen LogP contribution >= 0.6 is 7.60 Å². The third kappa shape index (κ3) is 20.6. The van der Waals surface area contributed by atoms with E-state index in [1.54, 1.807) is 0 Å². The van der Waals surface area contributed by atoms with Gasteiger partial charge in [-0.05, 0) is 143 Å². The van der Waals surface area contributed by atoms with Gasteiger partial charge in [-0.25, -0.2) is 0 Å². The van der Waals surface area contributed by atoms with Crippen molar-refractivity contribution in [2.75, 3.05) is 13.2 Å². The lowest BCUT2D eigenvalue weighted by Gasteiger charge is -2.61. The van der Waals surface area contributed by atoms with Crippen LogP contribution < -0.4 is 0 Å². The minimum absolute atomic E-state index is 0.151. The van der Waals surface area contributed by atoms with Gasteiger partial charge in [0.2, 0.25) is 0 Å². The van der Waals surface area contributed by atoms with E-state index in [0.29, 0.717) is 30.1 Å². The maximum absolute atomic E-state index is 14.2. The molecule has 1 N–H and O–H groups in total. The highest BCUT2D eigenvalue weighted by atomic mass is 31.2. The van der Waals surface area contributed by atoms with Gasteiger partial charge in [0.05, 0.1) is 12.3 Å². The molecule has 4 aliphatic carbocycles. The van der Waals surface area contributed by atoms with Gasteiger partial charge in [0.25, 0.3) is 0 Å². The number of carbonyl (C=O) groups excluding carboxylic acids is 2. The van der Waals surface area contributed by atoms with Crippen LogP contribution in [0.4, 0.5) is 0 Å². The Balaban J connectivity index is 1.20. The van der Waals surface area contributed by atoms with Crippen LogP contribution in [-0.4, -0.2) is 41.8 Å². The van der Waals surface area contributed by atoms with Crippen LogP contribution in [0.15, 0.2) is 12.2 Å². The summed E-state index contributed by atoms with van der Waals surface area (Å²) in [6.07, 6.45) is 48.8. The van der Waals surface area contributed by atoms with Gasteiger partial charge < -0.3 is 18.9 Å². The van der Waals surface area contributed by atoms with Crippen molar-refractivity contribution in [1.82, 2.24) is 0 Å². The fraction of sp³-hybridized carbons (Fsp3) is 0.934. The first-order valence-corrected chi connectivity index (χ1v) is 32.0. The van der Waals surface area contributed by atoms with E-state index in [1.165, 1.54) is 161 Å². The summed E-state index contributed by atoms with van der Waals surface area (Å²) >= 11 is 0. The quantitative estimate of drug-likeness (QED) is 0.0283. The largest absolute Gasteiger partial charge is 0.462 e. The zero-order valence-electron chi connectivity index (χ0n) is 46.1. The van der Waals surface area contributed by atoms with Crippen LogP contribution in [0.3, 0.4) is 0 Å². The molecule has 0 aromatic heterocycles. The van der Waals surface area contributed by atoms with Gasteiger partial charge in [-0.2, -0.15) is 0 Å². The van der Waals surface area contributed by atoms with E-state index in [0.717, 1.165) is 94.3 Å². The Labute approximate surface area is 426 Å². The molecule has 7 nitrogen and oxygen atoms in total. The van der Waals surface area contributed by atoms with E-state index in [-0.39, 0.29) is 37.0 Å². The summed E-state index contributed by atoms with van der Waals surface area (Å²) in [6, 6.07) is 0. The maximum atomic E-state index is 14.2. The summed E-state index contributed by atoms with van der Waals surface area (Å²) in [5.74, 6) is 3.73. The predicted octanol–water partition coefficient (Wildman–Crippen LogP) is 18.6. The van der Waals surface area contributed by atoms with Crippen LogP contribution in [0.2, 0.25) is 0 Å². The second-order valence-electron chi connectivity index (χ2n) is 24.1. The normalized spacial score (nSPS) is 28.4. The molecule has 0 aliphatic heterocycles. The standard InChI is InChI=1S/C61H111O7P/c1-7-10-12-14-16-18-20-22-23-25-27-29-31-33-35-38-59(63)68-52(48-66-58(62)37-34-32-30-28-26-24-21-19-17-15-13-11-8-2)49-67-69(64,65)53-43-45-60(5)51(47-53)39-40-54-56-42-41-55(50(4)36-9-3)61(56,6)46-44-57(54)60/h22-23,50-57H,7-21,24-49H2,1-6H3,(H,64,65)/t50-,51?,52-,53?,54?,55-,56?,57?,60+,61-/m1/s1. The molecule has 0 amide bonds. The highest BCUT2D eigenvalue weighted by Crippen LogP contribution is 2.70. The van der Waals surface area contributed by atoms with Gasteiger partial charge in [-0.15, -0.1) is 0 Å². The zero-order chi connectivity index (χ0) is 49.8. The number of esters is 2. The molecule has 0 heterocycles. The molecule has 6 unspecified atom stereocenters. The fourth-order valence-corrected chi connectivity index (χ4v) is 16.3. The molecule has 0 aromatic rings. The Morgan fingerprint density at radius 3 is 1.67 bits per heavy atom. The van der Waals surface area contributed by atoms with E-state index in [4.69, 9.17) is 14.0 Å². The number of rotatable bonds is 39. The SMILES string of the molecule is CCCCCCCCC=CCCCCCCCC(=O)O[C@H](COC(=O)CCCCCCCCCCCCCCC)COP(=O)(O)C1CC[C@@]2(C)C(CCC3C2CC[C@@]2(C)C3CC[C@@H]2[C@H](C)CCC)C1. The van der Waals surface area contributed by atoms with Crippen molar-refractivity contribution in [2.24, 2.45) is 46.3 Å². The minimum atomic E-state index is -4.03.